The van der Waals surface area contributed by atoms with Crippen LogP contribution in [0, 0.1) is 17.8 Å². The molecule has 1 aromatic heterocycles. The monoisotopic (exact) mass is 364 g/mol. The van der Waals surface area contributed by atoms with Gasteiger partial charge in [-0.3, -0.25) is 9.98 Å². The number of aliphatic imine (C=N–C) groups is 1. The van der Waals surface area contributed by atoms with Crippen LogP contribution in [0.15, 0.2) is 41.5 Å². The normalized spacial score (nSPS) is 12.0. The Bertz CT molecular complexity index is 696. The third-order valence-electron chi connectivity index (χ3n) is 4.47. The molecule has 0 spiro atoms. The number of hydrogen-bond acceptors (Lipinski definition) is 2. The highest BCUT2D eigenvalue weighted by Gasteiger charge is 2.14. The molecule has 2 rings (SSSR count). The highest BCUT2D eigenvalue weighted by atomic mass is 14.7. The predicted octanol–water partition coefficient (Wildman–Crippen LogP) is 6.62. The van der Waals surface area contributed by atoms with Gasteiger partial charge in [0.25, 0.3) is 0 Å². The van der Waals surface area contributed by atoms with Gasteiger partial charge in [-0.2, -0.15) is 0 Å². The van der Waals surface area contributed by atoms with Crippen molar-refractivity contribution in [3.05, 3.63) is 58.9 Å². The van der Waals surface area contributed by atoms with Crippen LogP contribution in [0.5, 0.6) is 0 Å². The quantitative estimate of drug-likeness (QED) is 0.459. The summed E-state index contributed by atoms with van der Waals surface area (Å²) in [6.45, 7) is 13.8. The number of pyridine rings is 1. The first kappa shape index (κ1) is 21.3. The van der Waals surface area contributed by atoms with E-state index in [1.165, 1.54) is 22.4 Å². The van der Waals surface area contributed by atoms with Crippen LogP contribution >= 0.6 is 0 Å². The minimum absolute atomic E-state index is 0.621. The number of hydrogen-bond donors (Lipinski definition) is 0. The smallest absolute Gasteiger partial charge is 0.0690 e. The first-order valence-corrected chi connectivity index (χ1v) is 10.4. The Morgan fingerprint density at radius 1 is 0.852 bits per heavy atom. The Hall–Kier alpha value is -1.96. The van der Waals surface area contributed by atoms with Gasteiger partial charge in [0.15, 0.2) is 0 Å². The van der Waals surface area contributed by atoms with Gasteiger partial charge in [0.2, 0.25) is 0 Å². The minimum atomic E-state index is 0.621. The largest absolute Gasteiger partial charge is 0.261 e. The molecule has 2 aromatic rings. The van der Waals surface area contributed by atoms with Crippen LogP contribution in [-0.2, 0) is 25.7 Å². The first-order chi connectivity index (χ1) is 12.8. The molecule has 0 amide bonds. The standard InChI is InChI=1S/C25H36N2/c1-18(2)13-21-16-22(14-19(3)4)25(23(17-21)15-20(5)6)27-12-10-24-9-7-8-11-26-24/h7-9,11-12,16-20H,10,13-15H2,1-6H3. The van der Waals surface area contributed by atoms with Crippen LogP contribution in [0.2, 0.25) is 0 Å². The highest BCUT2D eigenvalue weighted by Crippen LogP contribution is 2.31. The maximum absolute atomic E-state index is 4.96. The van der Waals surface area contributed by atoms with Gasteiger partial charge in [-0.15, -0.1) is 0 Å². The van der Waals surface area contributed by atoms with Crippen LogP contribution in [-0.4, -0.2) is 11.2 Å². The van der Waals surface area contributed by atoms with E-state index >= 15 is 0 Å². The lowest BCUT2D eigenvalue weighted by Gasteiger charge is -2.18. The minimum Gasteiger partial charge on any atom is -0.261 e. The van der Waals surface area contributed by atoms with E-state index < -0.39 is 0 Å². The predicted molar refractivity (Wildman–Crippen MR) is 118 cm³/mol. The van der Waals surface area contributed by atoms with Crippen LogP contribution in [0.3, 0.4) is 0 Å². The van der Waals surface area contributed by atoms with Crippen molar-refractivity contribution >= 4 is 11.9 Å². The van der Waals surface area contributed by atoms with Gasteiger partial charge in [-0.25, -0.2) is 0 Å². The Morgan fingerprint density at radius 3 is 1.93 bits per heavy atom. The van der Waals surface area contributed by atoms with Gasteiger partial charge in [-0.1, -0.05) is 59.7 Å². The molecule has 0 aliphatic carbocycles. The zero-order valence-corrected chi connectivity index (χ0v) is 18.0. The molecule has 0 saturated heterocycles. The average molecular weight is 365 g/mol. The molecule has 1 heterocycles. The molecule has 0 unspecified atom stereocenters. The molecule has 0 fully saturated rings. The van der Waals surface area contributed by atoms with E-state index in [4.69, 9.17) is 4.99 Å². The second-order valence-electron chi connectivity index (χ2n) is 8.89. The van der Waals surface area contributed by atoms with E-state index in [1.807, 2.05) is 24.5 Å². The number of nitrogens with zero attached hydrogens (tertiary/aromatic N) is 2. The van der Waals surface area contributed by atoms with Crippen LogP contribution in [0.4, 0.5) is 5.69 Å². The zero-order valence-electron chi connectivity index (χ0n) is 18.0. The summed E-state index contributed by atoms with van der Waals surface area (Å²) >= 11 is 0. The van der Waals surface area contributed by atoms with Gasteiger partial charge in [0, 0.05) is 24.5 Å². The van der Waals surface area contributed by atoms with E-state index in [0.717, 1.165) is 31.4 Å². The van der Waals surface area contributed by atoms with E-state index in [2.05, 4.69) is 64.7 Å². The summed E-state index contributed by atoms with van der Waals surface area (Å²) in [5, 5.41) is 0. The molecule has 0 aliphatic heterocycles. The molecule has 2 nitrogen and oxygen atoms in total. The van der Waals surface area contributed by atoms with E-state index in [1.54, 1.807) is 0 Å². The van der Waals surface area contributed by atoms with Crippen molar-refractivity contribution < 1.29 is 0 Å². The summed E-state index contributed by atoms with van der Waals surface area (Å²) in [4.78, 5) is 9.37. The maximum atomic E-state index is 4.96. The first-order valence-electron chi connectivity index (χ1n) is 10.4. The maximum Gasteiger partial charge on any atom is 0.0690 e. The summed E-state index contributed by atoms with van der Waals surface area (Å²) in [6.07, 6.45) is 7.94. The third-order valence-corrected chi connectivity index (χ3v) is 4.47. The summed E-state index contributed by atoms with van der Waals surface area (Å²) in [7, 11) is 0. The van der Waals surface area contributed by atoms with Crippen LogP contribution in [0.1, 0.15) is 63.9 Å². The second-order valence-corrected chi connectivity index (χ2v) is 8.89. The number of rotatable bonds is 9. The summed E-state index contributed by atoms with van der Waals surface area (Å²) < 4.78 is 0. The summed E-state index contributed by atoms with van der Waals surface area (Å²) in [5.41, 5.74) is 6.52. The molecule has 0 aliphatic rings. The summed E-state index contributed by atoms with van der Waals surface area (Å²) in [5.74, 6) is 1.91. The third kappa shape index (κ3) is 7.28. The van der Waals surface area contributed by atoms with E-state index in [-0.39, 0.29) is 0 Å². The molecule has 1 aromatic carbocycles. The average Bonchev–Trinajstić information content (AvgIpc) is 2.56. The van der Waals surface area contributed by atoms with E-state index in [9.17, 15) is 0 Å². The van der Waals surface area contributed by atoms with Gasteiger partial charge in [0.1, 0.15) is 0 Å². The molecular weight excluding hydrogens is 328 g/mol. The van der Waals surface area contributed by atoms with Crippen LogP contribution < -0.4 is 0 Å². The molecule has 2 heteroatoms. The topological polar surface area (TPSA) is 25.2 Å². The van der Waals surface area contributed by atoms with Crippen molar-refractivity contribution in [3.63, 3.8) is 0 Å². The lowest BCUT2D eigenvalue weighted by molar-refractivity contribution is 0.625. The Balaban J connectivity index is 2.39. The van der Waals surface area contributed by atoms with Gasteiger partial charge in [-0.05, 0) is 65.8 Å². The summed E-state index contributed by atoms with van der Waals surface area (Å²) in [6, 6.07) is 10.8. The molecule has 0 radical (unpaired) electrons. The van der Waals surface area contributed by atoms with Crippen molar-refractivity contribution in [1.29, 1.82) is 0 Å². The van der Waals surface area contributed by atoms with Crippen LogP contribution in [0.25, 0.3) is 0 Å². The fourth-order valence-electron chi connectivity index (χ4n) is 3.53. The Kier molecular flexibility index (Phi) is 8.22. The van der Waals surface area contributed by atoms with Gasteiger partial charge >= 0.3 is 0 Å². The lowest BCUT2D eigenvalue weighted by atomic mass is 9.90. The fraction of sp³-hybridized carbons (Fsp3) is 0.520. The number of benzene rings is 1. The fourth-order valence-corrected chi connectivity index (χ4v) is 3.53. The highest BCUT2D eigenvalue weighted by molar-refractivity contribution is 5.69. The molecule has 0 N–H and O–H groups in total. The zero-order chi connectivity index (χ0) is 19.8. The lowest BCUT2D eigenvalue weighted by Crippen LogP contribution is -2.04. The Labute approximate surface area is 166 Å². The van der Waals surface area contributed by atoms with Crippen molar-refractivity contribution in [2.75, 3.05) is 0 Å². The van der Waals surface area contributed by atoms with Gasteiger partial charge in [0.05, 0.1) is 5.69 Å². The molecule has 0 saturated carbocycles. The van der Waals surface area contributed by atoms with Crippen molar-refractivity contribution in [1.82, 2.24) is 4.98 Å². The molecule has 146 valence electrons. The van der Waals surface area contributed by atoms with E-state index in [0.29, 0.717) is 17.8 Å². The molecule has 0 atom stereocenters. The van der Waals surface area contributed by atoms with Crippen molar-refractivity contribution in [2.24, 2.45) is 22.7 Å². The SMILES string of the molecule is CC(C)Cc1cc(CC(C)C)c(N=CCc2ccccn2)c(CC(C)C)c1. The second kappa shape index (κ2) is 10.4. The van der Waals surface area contributed by atoms with Gasteiger partial charge < -0.3 is 0 Å². The number of aromatic nitrogens is 1. The van der Waals surface area contributed by atoms with Crippen molar-refractivity contribution in [2.45, 2.75) is 67.2 Å². The van der Waals surface area contributed by atoms with Crippen molar-refractivity contribution in [3.8, 4) is 0 Å². The molecular formula is C25H36N2. The molecule has 27 heavy (non-hydrogen) atoms. The molecule has 0 bridgehead atoms. The Morgan fingerprint density at radius 2 is 1.44 bits per heavy atom.